The van der Waals surface area contributed by atoms with Crippen molar-refractivity contribution < 1.29 is 9.53 Å². The van der Waals surface area contributed by atoms with Crippen LogP contribution >= 0.6 is 11.3 Å². The fourth-order valence-corrected chi connectivity index (χ4v) is 5.17. The number of nitrogens with one attached hydrogen (secondary N) is 3. The number of amidine groups is 2. The van der Waals surface area contributed by atoms with Crippen molar-refractivity contribution in [2.75, 3.05) is 11.4 Å². The maximum Gasteiger partial charge on any atom is 0.407 e. The molecule has 1 aliphatic rings. The monoisotopic (exact) mass is 487 g/mol. The summed E-state index contributed by atoms with van der Waals surface area (Å²) < 4.78 is 5.34. The van der Waals surface area contributed by atoms with Crippen molar-refractivity contribution in [3.05, 3.63) is 87.3 Å². The number of hydrogen-bond acceptors (Lipinski definition) is 6. The first-order chi connectivity index (χ1) is 16.8. The number of fused-ring (bicyclic) bond motifs is 1. The predicted octanol–water partition coefficient (Wildman–Crippen LogP) is 5.60. The summed E-state index contributed by atoms with van der Waals surface area (Å²) in [5, 5.41) is 20.9. The van der Waals surface area contributed by atoms with Gasteiger partial charge < -0.3 is 10.1 Å². The largest absolute Gasteiger partial charge is 0.445 e. The van der Waals surface area contributed by atoms with Crippen LogP contribution in [0.15, 0.2) is 59.6 Å². The molecule has 0 aliphatic carbocycles. The van der Waals surface area contributed by atoms with Crippen LogP contribution in [0.5, 0.6) is 0 Å². The van der Waals surface area contributed by atoms with Crippen molar-refractivity contribution in [3.8, 4) is 0 Å². The Labute approximate surface area is 209 Å². The van der Waals surface area contributed by atoms with E-state index in [4.69, 9.17) is 20.5 Å². The molecule has 1 atom stereocenters. The quantitative estimate of drug-likeness (QED) is 0.322. The molecule has 0 saturated heterocycles. The van der Waals surface area contributed by atoms with E-state index in [1.807, 2.05) is 68.4 Å². The molecule has 2 heterocycles. The van der Waals surface area contributed by atoms with Crippen LogP contribution in [0.1, 0.15) is 39.6 Å². The average Bonchev–Trinajstić information content (AvgIpc) is 3.05. The van der Waals surface area contributed by atoms with E-state index >= 15 is 0 Å². The van der Waals surface area contributed by atoms with Crippen LogP contribution < -0.4 is 10.2 Å². The first kappa shape index (κ1) is 24.3. The smallest absolute Gasteiger partial charge is 0.407 e. The first-order valence-corrected chi connectivity index (χ1v) is 12.2. The molecule has 3 aromatic rings. The second-order valence-corrected chi connectivity index (χ2v) is 9.77. The van der Waals surface area contributed by atoms with Crippen molar-refractivity contribution in [2.24, 2.45) is 4.99 Å². The second-order valence-electron chi connectivity index (χ2n) is 8.57. The summed E-state index contributed by atoms with van der Waals surface area (Å²) in [6.07, 6.45) is -0.571. The summed E-state index contributed by atoms with van der Waals surface area (Å²) >= 11 is 1.56. The number of alkyl carbamates (subject to hydrolysis) is 1. The SMILES string of the molecule is CC(=N)N1C(=N)[C@H](CNC(=O)OCc2ccccc2)N=C(c2ccc(C)cc2)c2c1sc(C)c2C. The number of nitrogens with zero attached hydrogens (tertiary/aromatic N) is 2. The summed E-state index contributed by atoms with van der Waals surface area (Å²) in [4.78, 5) is 20.2. The minimum atomic E-state index is -0.685. The molecule has 0 saturated carbocycles. The van der Waals surface area contributed by atoms with E-state index in [1.54, 1.807) is 23.2 Å². The fourth-order valence-electron chi connectivity index (χ4n) is 3.95. The highest BCUT2D eigenvalue weighted by Gasteiger charge is 2.34. The Morgan fingerprint density at radius 3 is 2.46 bits per heavy atom. The van der Waals surface area contributed by atoms with Crippen LogP contribution in [0.4, 0.5) is 9.80 Å². The summed E-state index contributed by atoms with van der Waals surface area (Å²) in [7, 11) is 0. The molecule has 2 aromatic carbocycles. The summed E-state index contributed by atoms with van der Waals surface area (Å²) in [5.74, 6) is 0.375. The van der Waals surface area contributed by atoms with Crippen LogP contribution in [-0.4, -0.2) is 36.1 Å². The molecule has 35 heavy (non-hydrogen) atoms. The molecular formula is C27H29N5O2S. The molecule has 1 aromatic heterocycles. The Bertz CT molecular complexity index is 1300. The summed E-state index contributed by atoms with van der Waals surface area (Å²) in [6.45, 7) is 8.04. The number of carbonyl (C=O) groups excluding carboxylic acids is 1. The topological polar surface area (TPSA) is 102 Å². The van der Waals surface area contributed by atoms with Crippen molar-refractivity contribution in [3.63, 3.8) is 0 Å². The van der Waals surface area contributed by atoms with Crippen LogP contribution in [0.3, 0.4) is 0 Å². The summed E-state index contributed by atoms with van der Waals surface area (Å²) in [5.41, 5.74) is 5.75. The lowest BCUT2D eigenvalue weighted by atomic mass is 9.99. The molecule has 0 fully saturated rings. The van der Waals surface area contributed by atoms with Gasteiger partial charge in [-0.2, -0.15) is 0 Å². The van der Waals surface area contributed by atoms with Gasteiger partial charge in [0, 0.05) is 16.0 Å². The number of rotatable bonds is 5. The van der Waals surface area contributed by atoms with E-state index in [-0.39, 0.29) is 24.8 Å². The van der Waals surface area contributed by atoms with Gasteiger partial charge in [0.2, 0.25) is 0 Å². The van der Waals surface area contributed by atoms with Crippen molar-refractivity contribution in [1.29, 1.82) is 10.8 Å². The molecule has 0 radical (unpaired) electrons. The normalized spacial score (nSPS) is 15.2. The van der Waals surface area contributed by atoms with Crippen LogP contribution in [0.2, 0.25) is 0 Å². The highest BCUT2D eigenvalue weighted by atomic mass is 32.1. The average molecular weight is 488 g/mol. The van der Waals surface area contributed by atoms with E-state index in [1.165, 1.54) is 0 Å². The highest BCUT2D eigenvalue weighted by Crippen LogP contribution is 2.39. The van der Waals surface area contributed by atoms with Gasteiger partial charge in [-0.1, -0.05) is 60.2 Å². The number of amides is 1. The van der Waals surface area contributed by atoms with Gasteiger partial charge in [0.15, 0.2) is 0 Å². The van der Waals surface area contributed by atoms with Crippen molar-refractivity contribution >= 4 is 39.8 Å². The molecular weight excluding hydrogens is 458 g/mol. The molecule has 8 heteroatoms. The van der Waals surface area contributed by atoms with Crippen molar-refractivity contribution in [2.45, 2.75) is 40.3 Å². The lowest BCUT2D eigenvalue weighted by molar-refractivity contribution is 0.139. The van der Waals surface area contributed by atoms with Gasteiger partial charge in [0.1, 0.15) is 29.3 Å². The zero-order chi connectivity index (χ0) is 25.1. The second kappa shape index (κ2) is 10.2. The Morgan fingerprint density at radius 2 is 1.80 bits per heavy atom. The maximum atomic E-state index is 12.4. The number of ether oxygens (including phenoxy) is 1. The third kappa shape index (κ3) is 5.17. The zero-order valence-corrected chi connectivity index (χ0v) is 21.1. The van der Waals surface area contributed by atoms with E-state index in [0.29, 0.717) is 0 Å². The molecule has 0 unspecified atom stereocenters. The van der Waals surface area contributed by atoms with Gasteiger partial charge in [0.25, 0.3) is 0 Å². The zero-order valence-electron chi connectivity index (χ0n) is 20.3. The maximum absolute atomic E-state index is 12.4. The molecule has 7 nitrogen and oxygen atoms in total. The van der Waals surface area contributed by atoms with Gasteiger partial charge in [-0.05, 0) is 38.8 Å². The summed E-state index contributed by atoms with van der Waals surface area (Å²) in [6, 6.07) is 16.9. The van der Waals surface area contributed by atoms with E-state index in [0.717, 1.165) is 43.4 Å². The number of aliphatic imine (C=N–C) groups is 1. The third-order valence-corrected chi connectivity index (χ3v) is 7.15. The molecule has 3 N–H and O–H groups in total. The predicted molar refractivity (Wildman–Crippen MR) is 143 cm³/mol. The first-order valence-electron chi connectivity index (χ1n) is 11.4. The highest BCUT2D eigenvalue weighted by molar-refractivity contribution is 7.17. The van der Waals surface area contributed by atoms with Gasteiger partial charge >= 0.3 is 6.09 Å². The molecule has 4 rings (SSSR count). The Kier molecular flexibility index (Phi) is 7.12. The fraction of sp³-hybridized carbons (Fsp3) is 0.259. The number of hydrogen-bond donors (Lipinski definition) is 3. The van der Waals surface area contributed by atoms with Crippen LogP contribution in [0, 0.1) is 31.6 Å². The molecule has 1 aliphatic heterocycles. The van der Waals surface area contributed by atoms with Crippen LogP contribution in [0.25, 0.3) is 0 Å². The standard InChI is InChI=1S/C27H29N5O2S/c1-16-10-12-21(13-11-16)24-23-17(2)18(3)35-26(23)32(19(4)28)25(29)22(31-24)14-30-27(33)34-15-20-8-6-5-7-9-20/h5-13,22,28-29H,14-15H2,1-4H3,(H,30,33)/t22-/m0/s1. The van der Waals surface area contributed by atoms with Crippen LogP contribution in [-0.2, 0) is 11.3 Å². The van der Waals surface area contributed by atoms with Gasteiger partial charge in [-0.15, -0.1) is 11.3 Å². The lowest BCUT2D eigenvalue weighted by Crippen LogP contribution is -2.45. The Balaban J connectivity index is 1.66. The van der Waals surface area contributed by atoms with Gasteiger partial charge in [-0.3, -0.25) is 20.7 Å². The number of anilines is 1. The Hall–Kier alpha value is -3.78. The van der Waals surface area contributed by atoms with Gasteiger partial charge in [0.05, 0.1) is 12.3 Å². The molecule has 180 valence electrons. The van der Waals surface area contributed by atoms with E-state index < -0.39 is 12.1 Å². The van der Waals surface area contributed by atoms with Crippen molar-refractivity contribution in [1.82, 2.24) is 5.32 Å². The molecule has 0 bridgehead atoms. The van der Waals surface area contributed by atoms with E-state index in [2.05, 4.69) is 12.2 Å². The third-order valence-electron chi connectivity index (χ3n) is 5.96. The minimum absolute atomic E-state index is 0.0819. The van der Waals surface area contributed by atoms with Gasteiger partial charge in [-0.25, -0.2) is 4.79 Å². The molecule has 1 amide bonds. The molecule has 0 spiro atoms. The number of thiophene rings is 1. The van der Waals surface area contributed by atoms with E-state index in [9.17, 15) is 4.79 Å². The number of aryl methyl sites for hydroxylation is 2. The Morgan fingerprint density at radius 1 is 1.11 bits per heavy atom. The minimum Gasteiger partial charge on any atom is -0.445 e. The number of carbonyl (C=O) groups is 1. The lowest BCUT2D eigenvalue weighted by Gasteiger charge is -2.25. The number of benzene rings is 2.